The highest BCUT2D eigenvalue weighted by atomic mass is 79.9. The first-order chi connectivity index (χ1) is 10.2. The van der Waals surface area contributed by atoms with E-state index in [0.29, 0.717) is 30.7 Å². The van der Waals surface area contributed by atoms with E-state index < -0.39 is 5.60 Å². The van der Waals surface area contributed by atoms with E-state index in [9.17, 15) is 9.59 Å². The summed E-state index contributed by atoms with van der Waals surface area (Å²) >= 11 is 3.33. The van der Waals surface area contributed by atoms with E-state index in [1.165, 1.54) is 4.68 Å². The first kappa shape index (κ1) is 16.8. The number of piperazine rings is 1. The summed E-state index contributed by atoms with van der Waals surface area (Å²) in [4.78, 5) is 27.7. The standard InChI is InChI=1S/C14H21BrN4O3/c1-14(2,3)22-13(21)19-7-5-18(6-8-19)10-9-16-17(4)12(20)11(10)15/h9H,5-8H2,1-4H3. The SMILES string of the molecule is Cn1ncc(N2CCN(C(=O)OC(C)(C)C)CC2)c(Br)c1=O. The van der Waals surface area contributed by atoms with Crippen molar-refractivity contribution in [3.05, 3.63) is 21.0 Å². The highest BCUT2D eigenvalue weighted by molar-refractivity contribution is 9.10. The summed E-state index contributed by atoms with van der Waals surface area (Å²) in [6.07, 6.45) is 1.36. The van der Waals surface area contributed by atoms with Crippen LogP contribution in [0.5, 0.6) is 0 Å². The van der Waals surface area contributed by atoms with Crippen molar-refractivity contribution in [3.63, 3.8) is 0 Å². The summed E-state index contributed by atoms with van der Waals surface area (Å²) in [5.74, 6) is 0. The Balaban J connectivity index is 2.02. The van der Waals surface area contributed by atoms with Gasteiger partial charge in [-0.3, -0.25) is 4.79 Å². The average molecular weight is 373 g/mol. The first-order valence-electron chi connectivity index (χ1n) is 7.14. The number of amides is 1. The molecule has 0 saturated carbocycles. The average Bonchev–Trinajstić information content (AvgIpc) is 2.43. The summed E-state index contributed by atoms with van der Waals surface area (Å²) in [7, 11) is 1.61. The van der Waals surface area contributed by atoms with Crippen LogP contribution in [0.4, 0.5) is 10.5 Å². The molecule has 2 rings (SSSR count). The van der Waals surface area contributed by atoms with Crippen molar-refractivity contribution in [1.82, 2.24) is 14.7 Å². The van der Waals surface area contributed by atoms with Gasteiger partial charge in [-0.1, -0.05) is 0 Å². The second-order valence-corrected chi connectivity index (χ2v) is 7.02. The highest BCUT2D eigenvalue weighted by Gasteiger charge is 2.27. The Morgan fingerprint density at radius 3 is 2.41 bits per heavy atom. The highest BCUT2D eigenvalue weighted by Crippen LogP contribution is 2.23. The molecule has 2 heterocycles. The van der Waals surface area contributed by atoms with Crippen LogP contribution in [0.3, 0.4) is 0 Å². The van der Waals surface area contributed by atoms with Crippen LogP contribution in [-0.2, 0) is 11.8 Å². The number of rotatable bonds is 1. The molecule has 0 spiro atoms. The van der Waals surface area contributed by atoms with Gasteiger partial charge in [-0.25, -0.2) is 9.48 Å². The Kier molecular flexibility index (Phi) is 4.79. The molecule has 122 valence electrons. The van der Waals surface area contributed by atoms with Crippen molar-refractivity contribution in [2.45, 2.75) is 26.4 Å². The monoisotopic (exact) mass is 372 g/mol. The molecule has 0 radical (unpaired) electrons. The molecule has 0 atom stereocenters. The van der Waals surface area contributed by atoms with Crippen molar-refractivity contribution >= 4 is 27.7 Å². The number of aryl methyl sites for hydroxylation is 1. The van der Waals surface area contributed by atoms with Crippen molar-refractivity contribution in [2.75, 3.05) is 31.1 Å². The third-order valence-corrected chi connectivity index (χ3v) is 4.08. The summed E-state index contributed by atoms with van der Waals surface area (Å²) in [6.45, 7) is 7.92. The minimum absolute atomic E-state index is 0.174. The lowest BCUT2D eigenvalue weighted by molar-refractivity contribution is 0.0240. The van der Waals surface area contributed by atoms with Gasteiger partial charge in [-0.05, 0) is 36.7 Å². The van der Waals surface area contributed by atoms with Gasteiger partial charge in [-0.15, -0.1) is 0 Å². The number of anilines is 1. The van der Waals surface area contributed by atoms with E-state index in [2.05, 4.69) is 21.0 Å². The molecule has 0 unspecified atom stereocenters. The van der Waals surface area contributed by atoms with Crippen LogP contribution in [0, 0.1) is 0 Å². The predicted octanol–water partition coefficient (Wildman–Crippen LogP) is 1.60. The summed E-state index contributed by atoms with van der Waals surface area (Å²) in [6, 6.07) is 0. The molecular formula is C14H21BrN4O3. The minimum Gasteiger partial charge on any atom is -0.444 e. The Morgan fingerprint density at radius 2 is 1.86 bits per heavy atom. The predicted molar refractivity (Wildman–Crippen MR) is 87.2 cm³/mol. The molecule has 0 N–H and O–H groups in total. The zero-order valence-electron chi connectivity index (χ0n) is 13.3. The second-order valence-electron chi connectivity index (χ2n) is 6.23. The Labute approximate surface area is 138 Å². The third kappa shape index (κ3) is 3.79. The normalized spacial score (nSPS) is 15.9. The molecule has 1 aliphatic rings. The number of hydrogen-bond acceptors (Lipinski definition) is 5. The quantitative estimate of drug-likeness (QED) is 0.748. The zero-order valence-corrected chi connectivity index (χ0v) is 14.9. The van der Waals surface area contributed by atoms with Crippen molar-refractivity contribution < 1.29 is 9.53 Å². The lowest BCUT2D eigenvalue weighted by Gasteiger charge is -2.36. The number of halogens is 1. The fourth-order valence-electron chi connectivity index (χ4n) is 2.18. The molecule has 0 aromatic carbocycles. The molecule has 7 nitrogen and oxygen atoms in total. The number of hydrogen-bond donors (Lipinski definition) is 0. The summed E-state index contributed by atoms with van der Waals surface area (Å²) < 4.78 is 7.15. The third-order valence-electron chi connectivity index (χ3n) is 3.33. The van der Waals surface area contributed by atoms with Gasteiger partial charge in [0.15, 0.2) is 0 Å². The Morgan fingerprint density at radius 1 is 1.27 bits per heavy atom. The smallest absolute Gasteiger partial charge is 0.410 e. The van der Waals surface area contributed by atoms with Crippen LogP contribution < -0.4 is 10.5 Å². The van der Waals surface area contributed by atoms with Crippen molar-refractivity contribution in [1.29, 1.82) is 0 Å². The van der Waals surface area contributed by atoms with Crippen LogP contribution in [0.25, 0.3) is 0 Å². The molecule has 1 amide bonds. The number of carbonyl (C=O) groups excluding carboxylic acids is 1. The largest absolute Gasteiger partial charge is 0.444 e. The first-order valence-corrected chi connectivity index (χ1v) is 7.93. The molecule has 0 aliphatic carbocycles. The fourth-order valence-corrected chi connectivity index (χ4v) is 2.79. The van der Waals surface area contributed by atoms with E-state index in [1.807, 2.05) is 25.7 Å². The number of nitrogens with zero attached hydrogens (tertiary/aromatic N) is 4. The molecule has 8 heteroatoms. The van der Waals surface area contributed by atoms with Crippen LogP contribution in [0.1, 0.15) is 20.8 Å². The number of carbonyl (C=O) groups is 1. The Hall–Kier alpha value is -1.57. The molecule has 1 aromatic heterocycles. The molecule has 1 saturated heterocycles. The van der Waals surface area contributed by atoms with Gasteiger partial charge in [0.05, 0.1) is 11.9 Å². The molecular weight excluding hydrogens is 352 g/mol. The van der Waals surface area contributed by atoms with Crippen LogP contribution in [0.2, 0.25) is 0 Å². The molecule has 1 aromatic rings. The maximum absolute atomic E-state index is 12.0. The van der Waals surface area contributed by atoms with E-state index in [-0.39, 0.29) is 11.7 Å². The van der Waals surface area contributed by atoms with Gasteiger partial charge in [0, 0.05) is 33.2 Å². The lowest BCUT2D eigenvalue weighted by Crippen LogP contribution is -2.50. The molecule has 1 aliphatic heterocycles. The van der Waals surface area contributed by atoms with Gasteiger partial charge in [0.25, 0.3) is 5.56 Å². The fraction of sp³-hybridized carbons (Fsp3) is 0.643. The van der Waals surface area contributed by atoms with Crippen LogP contribution >= 0.6 is 15.9 Å². The van der Waals surface area contributed by atoms with Crippen LogP contribution in [0.15, 0.2) is 15.5 Å². The Bertz CT molecular complexity index is 615. The molecule has 0 bridgehead atoms. The van der Waals surface area contributed by atoms with Gasteiger partial charge in [0.2, 0.25) is 0 Å². The lowest BCUT2D eigenvalue weighted by atomic mass is 10.2. The van der Waals surface area contributed by atoms with E-state index in [4.69, 9.17) is 4.74 Å². The molecule has 22 heavy (non-hydrogen) atoms. The summed E-state index contributed by atoms with van der Waals surface area (Å²) in [5, 5.41) is 4.04. The summed E-state index contributed by atoms with van der Waals surface area (Å²) in [5.41, 5.74) is 0.0892. The van der Waals surface area contributed by atoms with E-state index >= 15 is 0 Å². The molecule has 1 fully saturated rings. The van der Waals surface area contributed by atoms with Gasteiger partial charge in [-0.2, -0.15) is 5.10 Å². The van der Waals surface area contributed by atoms with Crippen molar-refractivity contribution in [3.8, 4) is 0 Å². The number of aromatic nitrogens is 2. The van der Waals surface area contributed by atoms with Gasteiger partial charge in [0.1, 0.15) is 10.1 Å². The van der Waals surface area contributed by atoms with Gasteiger partial charge < -0.3 is 14.5 Å². The topological polar surface area (TPSA) is 67.7 Å². The number of ether oxygens (including phenoxy) is 1. The van der Waals surface area contributed by atoms with Crippen molar-refractivity contribution in [2.24, 2.45) is 7.05 Å². The van der Waals surface area contributed by atoms with E-state index in [0.717, 1.165) is 5.69 Å². The maximum Gasteiger partial charge on any atom is 0.410 e. The minimum atomic E-state index is -0.493. The maximum atomic E-state index is 12.0. The van der Waals surface area contributed by atoms with Crippen LogP contribution in [-0.4, -0.2) is 52.6 Å². The van der Waals surface area contributed by atoms with Gasteiger partial charge >= 0.3 is 6.09 Å². The zero-order chi connectivity index (χ0) is 16.5. The van der Waals surface area contributed by atoms with E-state index in [1.54, 1.807) is 18.1 Å². The second kappa shape index (κ2) is 6.28.